The summed E-state index contributed by atoms with van der Waals surface area (Å²) in [6.07, 6.45) is 8.58. The summed E-state index contributed by atoms with van der Waals surface area (Å²) >= 11 is 0. The van der Waals surface area contributed by atoms with Crippen molar-refractivity contribution in [1.29, 1.82) is 0 Å². The van der Waals surface area contributed by atoms with Crippen molar-refractivity contribution in [2.24, 2.45) is 0 Å². The van der Waals surface area contributed by atoms with Crippen molar-refractivity contribution in [2.75, 3.05) is 26.2 Å². The predicted octanol–water partition coefficient (Wildman–Crippen LogP) is 2.39. The van der Waals surface area contributed by atoms with Gasteiger partial charge in [0, 0.05) is 11.6 Å². The van der Waals surface area contributed by atoms with Crippen LogP contribution in [0, 0.1) is 0 Å². The minimum atomic E-state index is -1.06. The summed E-state index contributed by atoms with van der Waals surface area (Å²) in [5.41, 5.74) is 0.776. The topological polar surface area (TPSA) is 99.2 Å². The number of hydrogen-bond acceptors (Lipinski definition) is 6. The maximum atomic E-state index is 13.9. The molecule has 0 bridgehead atoms. The number of aliphatic hydroxyl groups excluding tert-OH is 1. The van der Waals surface area contributed by atoms with Crippen LogP contribution >= 0.6 is 0 Å². The predicted molar refractivity (Wildman–Crippen MR) is 137 cm³/mol. The number of fused-ring (bicyclic) bond motifs is 1. The average Bonchev–Trinajstić information content (AvgIpc) is 3.44. The first-order valence-corrected chi connectivity index (χ1v) is 14.3. The fourth-order valence-electron chi connectivity index (χ4n) is 7.21. The number of rotatable bonds is 5. The van der Waals surface area contributed by atoms with E-state index >= 15 is 0 Å². The number of benzene rings is 1. The minimum absolute atomic E-state index is 0.0613. The van der Waals surface area contributed by atoms with Crippen LogP contribution in [-0.4, -0.2) is 88.6 Å². The standard InChI is InChI=1S/C29H39N3O5/c33-23-17-32(25-24(34)18-37-26(23)25)28(36)29(13-2-1-3-14-29)30-27(35)21-9-7-19(8-10-21)20-11-15-31(16-12-20)22-5-4-6-22/h7-10,20,22-23,25-26,33H,1-6,11-18H2,(H,30,35)/t23-,25-,26-/m1/s1. The van der Waals surface area contributed by atoms with Crippen molar-refractivity contribution in [2.45, 2.75) is 100.0 Å². The molecule has 2 N–H and O–H groups in total. The van der Waals surface area contributed by atoms with Crippen molar-refractivity contribution in [1.82, 2.24) is 15.1 Å². The molecule has 2 saturated carbocycles. The van der Waals surface area contributed by atoms with Crippen molar-refractivity contribution in [3.63, 3.8) is 0 Å². The molecule has 0 aromatic heterocycles. The molecule has 3 saturated heterocycles. The third-order valence-corrected chi connectivity index (χ3v) is 9.65. The number of Topliss-reactive ketones (excluding diaryl/α,β-unsaturated/α-hetero) is 1. The van der Waals surface area contributed by atoms with Crippen molar-refractivity contribution < 1.29 is 24.2 Å². The molecule has 3 aliphatic heterocycles. The summed E-state index contributed by atoms with van der Waals surface area (Å²) in [6.45, 7) is 2.29. The number of amides is 2. The highest BCUT2D eigenvalue weighted by atomic mass is 16.5. The van der Waals surface area contributed by atoms with Gasteiger partial charge in [-0.3, -0.25) is 14.4 Å². The van der Waals surface area contributed by atoms with Gasteiger partial charge in [0.15, 0.2) is 5.78 Å². The summed E-state index contributed by atoms with van der Waals surface area (Å²) in [5, 5.41) is 13.5. The van der Waals surface area contributed by atoms with E-state index in [4.69, 9.17) is 4.74 Å². The van der Waals surface area contributed by atoms with Crippen LogP contribution in [0.1, 0.15) is 86.0 Å². The summed E-state index contributed by atoms with van der Waals surface area (Å²) in [6, 6.07) is 7.96. The van der Waals surface area contributed by atoms with E-state index in [1.165, 1.54) is 29.7 Å². The molecular weight excluding hydrogens is 470 g/mol. The van der Waals surface area contributed by atoms with Crippen LogP contribution in [0.15, 0.2) is 24.3 Å². The monoisotopic (exact) mass is 509 g/mol. The maximum Gasteiger partial charge on any atom is 0.252 e. The van der Waals surface area contributed by atoms with Gasteiger partial charge in [-0.15, -0.1) is 0 Å². The van der Waals surface area contributed by atoms with Gasteiger partial charge in [0.1, 0.15) is 30.4 Å². The van der Waals surface area contributed by atoms with Crippen LogP contribution in [0.3, 0.4) is 0 Å². The summed E-state index contributed by atoms with van der Waals surface area (Å²) in [7, 11) is 0. The average molecular weight is 510 g/mol. The Balaban J connectivity index is 1.13. The van der Waals surface area contributed by atoms with Crippen LogP contribution in [0.4, 0.5) is 0 Å². The Morgan fingerprint density at radius 3 is 2.32 bits per heavy atom. The number of β-amino-alcohol motifs (C(OH)–C–C–N with tert-alkyl or cyclic N) is 1. The SMILES string of the molecule is O=C(NC1(C(=O)N2C[C@@H](O)[C@H]3OCC(=O)[C@H]32)CCCCC1)c1ccc(C2CCN(C3CCC3)CC2)cc1. The number of likely N-dealkylation sites (tertiary alicyclic amines) is 2. The van der Waals surface area contributed by atoms with Crippen LogP contribution in [-0.2, 0) is 14.3 Å². The van der Waals surface area contributed by atoms with E-state index in [1.54, 1.807) is 0 Å². The number of piperidine rings is 1. The molecule has 5 fully saturated rings. The van der Waals surface area contributed by atoms with Gasteiger partial charge >= 0.3 is 0 Å². The van der Waals surface area contributed by atoms with Crippen molar-refractivity contribution in [3.05, 3.63) is 35.4 Å². The van der Waals surface area contributed by atoms with Crippen LogP contribution in [0.25, 0.3) is 0 Å². The first-order chi connectivity index (χ1) is 17.9. The first kappa shape index (κ1) is 25.0. The maximum absolute atomic E-state index is 13.9. The molecule has 5 aliphatic rings. The molecule has 37 heavy (non-hydrogen) atoms. The largest absolute Gasteiger partial charge is 0.388 e. The van der Waals surface area contributed by atoms with Crippen LogP contribution in [0.5, 0.6) is 0 Å². The van der Waals surface area contributed by atoms with Gasteiger partial charge in [0.2, 0.25) is 5.91 Å². The third kappa shape index (κ3) is 4.61. The van der Waals surface area contributed by atoms with Crippen molar-refractivity contribution >= 4 is 17.6 Å². The quantitative estimate of drug-likeness (QED) is 0.633. The van der Waals surface area contributed by atoms with E-state index in [1.807, 2.05) is 12.1 Å². The number of hydrogen-bond donors (Lipinski definition) is 2. The van der Waals surface area contributed by atoms with E-state index in [2.05, 4.69) is 22.3 Å². The zero-order chi connectivity index (χ0) is 25.6. The van der Waals surface area contributed by atoms with E-state index in [0.717, 1.165) is 51.2 Å². The van der Waals surface area contributed by atoms with Gasteiger partial charge in [0.25, 0.3) is 5.91 Å². The number of carbonyl (C=O) groups is 3. The second-order valence-electron chi connectivity index (χ2n) is 11.8. The highest BCUT2D eigenvalue weighted by Crippen LogP contribution is 2.36. The smallest absolute Gasteiger partial charge is 0.252 e. The zero-order valence-corrected chi connectivity index (χ0v) is 21.6. The molecule has 3 heterocycles. The Hall–Kier alpha value is -2.29. The third-order valence-electron chi connectivity index (χ3n) is 9.65. The second kappa shape index (κ2) is 10.1. The molecule has 2 amide bonds. The number of ether oxygens (including phenoxy) is 1. The molecule has 3 atom stereocenters. The second-order valence-corrected chi connectivity index (χ2v) is 11.8. The number of carbonyl (C=O) groups excluding carboxylic acids is 3. The molecule has 2 aliphatic carbocycles. The molecule has 8 heteroatoms. The molecule has 6 rings (SSSR count). The molecule has 1 aromatic rings. The number of nitrogens with zero attached hydrogens (tertiary/aromatic N) is 2. The zero-order valence-electron chi connectivity index (χ0n) is 21.6. The van der Waals surface area contributed by atoms with E-state index in [0.29, 0.717) is 24.3 Å². The first-order valence-electron chi connectivity index (χ1n) is 14.3. The molecule has 200 valence electrons. The fraction of sp³-hybridized carbons (Fsp3) is 0.690. The minimum Gasteiger partial charge on any atom is -0.388 e. The van der Waals surface area contributed by atoms with Gasteiger partial charge in [0.05, 0.1) is 6.54 Å². The van der Waals surface area contributed by atoms with Crippen LogP contribution in [0.2, 0.25) is 0 Å². The molecule has 0 unspecified atom stereocenters. The van der Waals surface area contributed by atoms with E-state index in [9.17, 15) is 19.5 Å². The fourth-order valence-corrected chi connectivity index (χ4v) is 7.21. The highest BCUT2D eigenvalue weighted by molar-refractivity contribution is 6.01. The number of nitrogens with one attached hydrogen (secondary N) is 1. The van der Waals surface area contributed by atoms with Gasteiger partial charge < -0.3 is 25.0 Å². The summed E-state index contributed by atoms with van der Waals surface area (Å²) in [5.74, 6) is -0.172. The Labute approximate surface area is 218 Å². The molecule has 0 radical (unpaired) electrons. The van der Waals surface area contributed by atoms with Gasteiger partial charge in [-0.2, -0.15) is 0 Å². The molecule has 0 spiro atoms. The van der Waals surface area contributed by atoms with Gasteiger partial charge in [-0.05, 0) is 75.2 Å². The summed E-state index contributed by atoms with van der Waals surface area (Å²) < 4.78 is 5.46. The molecule has 8 nitrogen and oxygen atoms in total. The van der Waals surface area contributed by atoms with E-state index < -0.39 is 23.8 Å². The Bertz CT molecular complexity index is 1020. The number of aliphatic hydroxyl groups is 1. The van der Waals surface area contributed by atoms with Gasteiger partial charge in [-0.25, -0.2) is 0 Å². The normalized spacial score (nSPS) is 30.7. The van der Waals surface area contributed by atoms with E-state index in [-0.39, 0.29) is 30.7 Å². The lowest BCUT2D eigenvalue weighted by Crippen LogP contribution is -2.62. The molecule has 1 aromatic carbocycles. The lowest BCUT2D eigenvalue weighted by molar-refractivity contribution is -0.143. The Kier molecular flexibility index (Phi) is 6.84. The van der Waals surface area contributed by atoms with Gasteiger partial charge in [-0.1, -0.05) is 37.8 Å². The molecular formula is C29H39N3O5. The highest BCUT2D eigenvalue weighted by Gasteiger charge is 2.55. The lowest BCUT2D eigenvalue weighted by Gasteiger charge is -2.42. The lowest BCUT2D eigenvalue weighted by atomic mass is 9.80. The Morgan fingerprint density at radius 1 is 0.973 bits per heavy atom. The van der Waals surface area contributed by atoms with Crippen molar-refractivity contribution in [3.8, 4) is 0 Å². The summed E-state index contributed by atoms with van der Waals surface area (Å²) in [4.78, 5) is 43.9. The number of ketones is 1. The Morgan fingerprint density at radius 2 is 1.68 bits per heavy atom. The van der Waals surface area contributed by atoms with Crippen LogP contribution < -0.4 is 5.32 Å².